The van der Waals surface area contributed by atoms with Crippen LogP contribution in [-0.2, 0) is 24.8 Å². The van der Waals surface area contributed by atoms with E-state index in [0.717, 1.165) is 30.4 Å². The molecule has 2 heterocycles. The minimum absolute atomic E-state index is 0.0278. The van der Waals surface area contributed by atoms with E-state index >= 15 is 0 Å². The van der Waals surface area contributed by atoms with Gasteiger partial charge in [-0.3, -0.25) is 0 Å². The second-order valence-electron chi connectivity index (χ2n) is 5.09. The van der Waals surface area contributed by atoms with Crippen molar-refractivity contribution < 1.29 is 21.6 Å². The molecule has 0 radical (unpaired) electrons. The van der Waals surface area contributed by atoms with E-state index in [1.54, 1.807) is 11.4 Å². The van der Waals surface area contributed by atoms with Crippen LogP contribution in [0, 0.1) is 0 Å². The molecule has 1 aromatic heterocycles. The molecule has 0 spiro atoms. The molecule has 7 nitrogen and oxygen atoms in total. The summed E-state index contributed by atoms with van der Waals surface area (Å²) in [7, 11) is -6.97. The molecule has 22 heavy (non-hydrogen) atoms. The fourth-order valence-electron chi connectivity index (χ4n) is 2.20. The van der Waals surface area contributed by atoms with Gasteiger partial charge >= 0.3 is 0 Å². The largest absolute Gasteiger partial charge is 0.377 e. The number of thiophene rings is 1. The van der Waals surface area contributed by atoms with Crippen LogP contribution in [0.4, 0.5) is 0 Å². The van der Waals surface area contributed by atoms with E-state index in [2.05, 4.69) is 4.72 Å². The van der Waals surface area contributed by atoms with Gasteiger partial charge in [-0.15, -0.1) is 11.3 Å². The topological polar surface area (TPSA) is 92.8 Å². The highest BCUT2D eigenvalue weighted by Gasteiger charge is 2.25. The monoisotopic (exact) mass is 368 g/mol. The molecular weight excluding hydrogens is 348 g/mol. The van der Waals surface area contributed by atoms with Gasteiger partial charge in [0.2, 0.25) is 20.0 Å². The maximum absolute atomic E-state index is 12.0. The highest BCUT2D eigenvalue weighted by Crippen LogP contribution is 2.16. The lowest BCUT2D eigenvalue weighted by molar-refractivity contribution is 0.0943. The Bertz CT molecular complexity index is 664. The van der Waals surface area contributed by atoms with Crippen LogP contribution >= 0.6 is 11.3 Å². The average molecular weight is 369 g/mol. The first-order valence-corrected chi connectivity index (χ1v) is 11.1. The second-order valence-corrected chi connectivity index (χ2v) is 10.0. The number of nitrogens with zero attached hydrogens (tertiary/aromatic N) is 1. The Morgan fingerprint density at radius 1 is 1.41 bits per heavy atom. The molecule has 10 heteroatoms. The summed E-state index contributed by atoms with van der Waals surface area (Å²) in [5.41, 5.74) is 0. The Morgan fingerprint density at radius 3 is 2.73 bits per heavy atom. The fourth-order valence-corrected chi connectivity index (χ4v) is 5.12. The van der Waals surface area contributed by atoms with E-state index in [-0.39, 0.29) is 29.9 Å². The standard InChI is InChI=1S/C12H20N2O5S3/c1-21(15,16)14(10-11-4-2-8-19-11)7-6-13-22(17,18)12-5-3-9-20-12/h3,5,9,11,13H,2,4,6-8,10H2,1H3. The molecule has 1 atom stereocenters. The molecular formula is C12H20N2O5S3. The summed E-state index contributed by atoms with van der Waals surface area (Å²) < 4.78 is 56.9. The Labute approximate surface area is 135 Å². The number of ether oxygens (including phenoxy) is 1. The van der Waals surface area contributed by atoms with Crippen LogP contribution in [0.1, 0.15) is 12.8 Å². The molecule has 0 aromatic carbocycles. The summed E-state index contributed by atoms with van der Waals surface area (Å²) in [6.45, 7) is 1.02. The van der Waals surface area contributed by atoms with Crippen LogP contribution in [-0.4, -0.2) is 59.7 Å². The maximum atomic E-state index is 12.0. The second kappa shape index (κ2) is 7.37. The third-order valence-corrected chi connectivity index (χ3v) is 7.44. The van der Waals surface area contributed by atoms with Crippen molar-refractivity contribution in [3.63, 3.8) is 0 Å². The van der Waals surface area contributed by atoms with Crippen LogP contribution in [0.15, 0.2) is 21.7 Å². The highest BCUT2D eigenvalue weighted by molar-refractivity contribution is 7.91. The number of rotatable bonds is 8. The molecule has 0 saturated carbocycles. The van der Waals surface area contributed by atoms with Crippen molar-refractivity contribution in [3.8, 4) is 0 Å². The van der Waals surface area contributed by atoms with Crippen molar-refractivity contribution in [1.82, 2.24) is 9.03 Å². The van der Waals surface area contributed by atoms with Crippen LogP contribution in [0.25, 0.3) is 0 Å². The lowest BCUT2D eigenvalue weighted by atomic mass is 10.2. The lowest BCUT2D eigenvalue weighted by Crippen LogP contribution is -2.41. The molecule has 1 aromatic rings. The molecule has 2 rings (SSSR count). The zero-order valence-electron chi connectivity index (χ0n) is 12.3. The van der Waals surface area contributed by atoms with Crippen molar-refractivity contribution in [2.45, 2.75) is 23.2 Å². The van der Waals surface area contributed by atoms with Crippen LogP contribution < -0.4 is 4.72 Å². The molecule has 1 aliphatic heterocycles. The van der Waals surface area contributed by atoms with Gasteiger partial charge in [0.25, 0.3) is 0 Å². The van der Waals surface area contributed by atoms with Gasteiger partial charge in [-0.25, -0.2) is 21.6 Å². The minimum Gasteiger partial charge on any atom is -0.377 e. The van der Waals surface area contributed by atoms with Crippen molar-refractivity contribution in [1.29, 1.82) is 0 Å². The Hall–Kier alpha value is -0.520. The Balaban J connectivity index is 1.91. The average Bonchev–Trinajstić information content (AvgIpc) is 3.10. The quantitative estimate of drug-likeness (QED) is 0.720. The number of nitrogens with one attached hydrogen (secondary N) is 1. The molecule has 0 amide bonds. The fraction of sp³-hybridized carbons (Fsp3) is 0.667. The van der Waals surface area contributed by atoms with E-state index in [1.807, 2.05) is 0 Å². The zero-order valence-corrected chi connectivity index (χ0v) is 14.7. The lowest BCUT2D eigenvalue weighted by Gasteiger charge is -2.23. The first-order chi connectivity index (χ1) is 10.3. The van der Waals surface area contributed by atoms with Gasteiger partial charge in [-0.1, -0.05) is 6.07 Å². The zero-order chi connectivity index (χ0) is 16.2. The van der Waals surface area contributed by atoms with Crippen molar-refractivity contribution in [3.05, 3.63) is 17.5 Å². The first kappa shape index (κ1) is 17.8. The minimum atomic E-state index is -3.57. The summed E-state index contributed by atoms with van der Waals surface area (Å²) >= 11 is 1.12. The maximum Gasteiger partial charge on any atom is 0.250 e. The van der Waals surface area contributed by atoms with E-state index in [1.165, 1.54) is 10.4 Å². The summed E-state index contributed by atoms with van der Waals surface area (Å²) in [6.07, 6.45) is 2.76. The summed E-state index contributed by atoms with van der Waals surface area (Å²) in [4.78, 5) is 0. The van der Waals surface area contributed by atoms with E-state index in [4.69, 9.17) is 4.74 Å². The van der Waals surface area contributed by atoms with Gasteiger partial charge in [-0.2, -0.15) is 4.31 Å². The summed E-state index contributed by atoms with van der Waals surface area (Å²) in [5.74, 6) is 0. The number of sulfonamides is 2. The molecule has 1 fully saturated rings. The van der Waals surface area contributed by atoms with E-state index < -0.39 is 20.0 Å². The smallest absolute Gasteiger partial charge is 0.250 e. The van der Waals surface area contributed by atoms with Crippen LogP contribution in [0.3, 0.4) is 0 Å². The number of hydrogen-bond acceptors (Lipinski definition) is 6. The normalized spacial score (nSPS) is 19.8. The van der Waals surface area contributed by atoms with Crippen LogP contribution in [0.2, 0.25) is 0 Å². The van der Waals surface area contributed by atoms with Gasteiger partial charge in [0.05, 0.1) is 12.4 Å². The molecule has 0 bridgehead atoms. The molecule has 1 N–H and O–H groups in total. The van der Waals surface area contributed by atoms with Crippen LogP contribution in [0.5, 0.6) is 0 Å². The van der Waals surface area contributed by atoms with Gasteiger partial charge < -0.3 is 4.74 Å². The molecule has 1 saturated heterocycles. The third kappa shape index (κ3) is 5.00. The van der Waals surface area contributed by atoms with E-state index in [9.17, 15) is 16.8 Å². The highest BCUT2D eigenvalue weighted by atomic mass is 32.2. The van der Waals surface area contributed by atoms with Gasteiger partial charge in [0.1, 0.15) is 4.21 Å². The summed E-state index contributed by atoms with van der Waals surface area (Å²) in [6, 6.07) is 3.16. The first-order valence-electron chi connectivity index (χ1n) is 6.89. The molecule has 1 unspecified atom stereocenters. The van der Waals surface area contributed by atoms with Gasteiger partial charge in [-0.05, 0) is 24.3 Å². The molecule has 1 aliphatic rings. The van der Waals surface area contributed by atoms with Crippen molar-refractivity contribution in [2.24, 2.45) is 0 Å². The SMILES string of the molecule is CS(=O)(=O)N(CCNS(=O)(=O)c1cccs1)CC1CCCO1. The Morgan fingerprint density at radius 2 is 2.18 bits per heavy atom. The van der Waals surface area contributed by atoms with Gasteiger partial charge in [0, 0.05) is 26.2 Å². The Kier molecular flexibility index (Phi) is 5.97. The number of hydrogen-bond donors (Lipinski definition) is 1. The van der Waals surface area contributed by atoms with Crippen molar-refractivity contribution in [2.75, 3.05) is 32.5 Å². The predicted molar refractivity (Wildman–Crippen MR) is 84.9 cm³/mol. The van der Waals surface area contributed by atoms with E-state index in [0.29, 0.717) is 6.61 Å². The van der Waals surface area contributed by atoms with Gasteiger partial charge in [0.15, 0.2) is 0 Å². The molecule has 0 aliphatic carbocycles. The third-order valence-electron chi connectivity index (χ3n) is 3.31. The molecule has 126 valence electrons. The summed E-state index contributed by atoms with van der Waals surface area (Å²) in [5, 5.41) is 1.68. The predicted octanol–water partition coefficient (Wildman–Crippen LogP) is 0.467. The van der Waals surface area contributed by atoms with Crippen molar-refractivity contribution >= 4 is 31.4 Å².